The van der Waals surface area contributed by atoms with Crippen LogP contribution in [0.25, 0.3) is 0 Å². The van der Waals surface area contributed by atoms with Gasteiger partial charge in [-0.1, -0.05) is 26.2 Å². The van der Waals surface area contributed by atoms with Crippen molar-refractivity contribution in [2.75, 3.05) is 45.4 Å². The van der Waals surface area contributed by atoms with Gasteiger partial charge >= 0.3 is 37.2 Å². The van der Waals surface area contributed by atoms with Crippen LogP contribution in [-0.4, -0.2) is 79.9 Å². The third-order valence-corrected chi connectivity index (χ3v) is 4.00. The molecule has 6 N–H and O–H groups in total. The Kier molecular flexibility index (Phi) is 20.0. The van der Waals surface area contributed by atoms with Crippen LogP contribution in [-0.2, 0) is 9.19 Å². The molecule has 0 aliphatic heterocycles. The summed E-state index contributed by atoms with van der Waals surface area (Å²) < 4.78 is 16.5. The third kappa shape index (κ3) is 18.9. The van der Waals surface area contributed by atoms with Crippen LogP contribution in [0, 0.1) is 0 Å². The maximum atomic E-state index is 11.6. The molecule has 0 heterocycles. The van der Waals surface area contributed by atoms with Gasteiger partial charge in [-0.05, 0) is 6.42 Å². The fourth-order valence-electron chi connectivity index (χ4n) is 1.60. The van der Waals surface area contributed by atoms with E-state index in [1.807, 2.05) is 0 Å². The fraction of sp³-hybridized carbons (Fsp3) is 1.00. The summed E-state index contributed by atoms with van der Waals surface area (Å²) in [4.78, 5) is 9.54. The molecule has 0 saturated carbocycles. The summed E-state index contributed by atoms with van der Waals surface area (Å²) in [6, 6.07) is 0. The molecule has 0 amide bonds. The average Bonchev–Trinajstić information content (AvgIpc) is 2.42. The minimum atomic E-state index is -3.47. The average molecular weight is 334 g/mol. The van der Waals surface area contributed by atoms with Crippen molar-refractivity contribution in [3.63, 3.8) is 0 Å². The molecule has 0 rings (SSSR count). The Bertz CT molecular complexity index is 263. The molecule has 0 saturated heterocycles. The first-order valence-electron chi connectivity index (χ1n) is 7.47. The van der Waals surface area contributed by atoms with Crippen molar-refractivity contribution in [1.82, 2.24) is 16.1 Å². The number of nitrogens with two attached hydrogens (primary N) is 1. The van der Waals surface area contributed by atoms with Gasteiger partial charge in [0.25, 0.3) is 0 Å². The first-order valence-corrected chi connectivity index (χ1v) is 9.23. The number of nitrogens with one attached hydrogen (secondary N) is 3. The molecular formula is C12H32N4NaO3P. The van der Waals surface area contributed by atoms with E-state index in [9.17, 15) is 9.46 Å². The summed E-state index contributed by atoms with van der Waals surface area (Å²) in [6.45, 7) is 6.42. The first kappa shape index (κ1) is 24.2. The molecule has 9 heteroatoms. The van der Waals surface area contributed by atoms with Crippen molar-refractivity contribution >= 4 is 37.2 Å². The number of hydrogen-bond acceptors (Lipinski definition) is 6. The van der Waals surface area contributed by atoms with Gasteiger partial charge in [0.05, 0.1) is 6.16 Å². The van der Waals surface area contributed by atoms with Gasteiger partial charge in [-0.25, -0.2) is 4.62 Å². The molecule has 0 aromatic rings. The van der Waals surface area contributed by atoms with Gasteiger partial charge in [0.2, 0.25) is 0 Å². The summed E-state index contributed by atoms with van der Waals surface area (Å²) >= 11 is 0. The van der Waals surface area contributed by atoms with Gasteiger partial charge in [-0.2, -0.15) is 5.48 Å². The van der Waals surface area contributed by atoms with Gasteiger partial charge in [0.15, 0.2) is 0 Å². The number of unbranched alkanes of at least 4 members (excludes halogenated alkanes) is 3. The van der Waals surface area contributed by atoms with E-state index >= 15 is 0 Å². The zero-order chi connectivity index (χ0) is 15.1. The SMILES string of the molecule is CCCCCCP(=O)(O)ONCCNCCNCCN.[NaH]. The van der Waals surface area contributed by atoms with E-state index in [2.05, 4.69) is 23.0 Å². The van der Waals surface area contributed by atoms with Crippen LogP contribution in [0.2, 0.25) is 0 Å². The van der Waals surface area contributed by atoms with E-state index in [4.69, 9.17) is 10.4 Å². The van der Waals surface area contributed by atoms with Crippen molar-refractivity contribution in [2.24, 2.45) is 5.73 Å². The predicted octanol–water partition coefficient (Wildman–Crippen LogP) is -0.237. The van der Waals surface area contributed by atoms with E-state index in [0.717, 1.165) is 45.3 Å². The Morgan fingerprint density at radius 2 is 1.67 bits per heavy atom. The van der Waals surface area contributed by atoms with Gasteiger partial charge in [-0.3, -0.25) is 4.57 Å². The molecule has 1 unspecified atom stereocenters. The molecule has 0 bridgehead atoms. The van der Waals surface area contributed by atoms with Gasteiger partial charge in [-0.15, -0.1) is 0 Å². The third-order valence-electron chi connectivity index (χ3n) is 2.70. The number of rotatable bonds is 15. The second-order valence-electron chi connectivity index (χ2n) is 4.70. The van der Waals surface area contributed by atoms with Crippen molar-refractivity contribution in [1.29, 1.82) is 0 Å². The molecule has 0 aliphatic carbocycles. The molecule has 21 heavy (non-hydrogen) atoms. The zero-order valence-electron chi connectivity index (χ0n) is 12.6. The van der Waals surface area contributed by atoms with Crippen molar-refractivity contribution in [2.45, 2.75) is 32.6 Å². The summed E-state index contributed by atoms with van der Waals surface area (Å²) in [5, 5.41) is 6.33. The van der Waals surface area contributed by atoms with Crippen LogP contribution in [0.3, 0.4) is 0 Å². The second-order valence-corrected chi connectivity index (χ2v) is 6.60. The fourth-order valence-corrected chi connectivity index (χ4v) is 2.61. The molecule has 0 aromatic heterocycles. The van der Waals surface area contributed by atoms with Gasteiger partial charge in [0, 0.05) is 39.3 Å². The van der Waals surface area contributed by atoms with Crippen LogP contribution in [0.4, 0.5) is 0 Å². The van der Waals surface area contributed by atoms with E-state index in [1.54, 1.807) is 0 Å². The second kappa shape index (κ2) is 17.3. The monoisotopic (exact) mass is 334 g/mol. The zero-order valence-corrected chi connectivity index (χ0v) is 13.5. The first-order chi connectivity index (χ1) is 9.62. The van der Waals surface area contributed by atoms with E-state index in [0.29, 0.717) is 19.6 Å². The quantitative estimate of drug-likeness (QED) is 0.122. The minimum absolute atomic E-state index is 0. The molecule has 0 aromatic carbocycles. The molecular weight excluding hydrogens is 302 g/mol. The molecule has 124 valence electrons. The summed E-state index contributed by atoms with van der Waals surface area (Å²) in [5.41, 5.74) is 7.89. The Morgan fingerprint density at radius 1 is 1.05 bits per heavy atom. The molecule has 0 fully saturated rings. The summed E-state index contributed by atoms with van der Waals surface area (Å²) in [5.74, 6) is 0. The van der Waals surface area contributed by atoms with E-state index < -0.39 is 7.60 Å². The van der Waals surface area contributed by atoms with Crippen molar-refractivity contribution in [3.05, 3.63) is 0 Å². The van der Waals surface area contributed by atoms with Crippen LogP contribution >= 0.6 is 7.60 Å². The van der Waals surface area contributed by atoms with Crippen molar-refractivity contribution in [3.8, 4) is 0 Å². The van der Waals surface area contributed by atoms with E-state index in [1.165, 1.54) is 0 Å². The number of hydrogen-bond donors (Lipinski definition) is 5. The van der Waals surface area contributed by atoms with Crippen LogP contribution in [0.5, 0.6) is 0 Å². The Morgan fingerprint density at radius 3 is 2.29 bits per heavy atom. The molecule has 0 spiro atoms. The summed E-state index contributed by atoms with van der Waals surface area (Å²) in [6.07, 6.45) is 4.13. The summed E-state index contributed by atoms with van der Waals surface area (Å²) in [7, 11) is -3.47. The molecule has 0 aliphatic rings. The maximum absolute atomic E-state index is 11.6. The Hall–Kier alpha value is 0.990. The molecule has 0 radical (unpaired) electrons. The predicted molar refractivity (Wildman–Crippen MR) is 89.9 cm³/mol. The van der Waals surface area contributed by atoms with Crippen LogP contribution in [0.15, 0.2) is 0 Å². The van der Waals surface area contributed by atoms with Gasteiger partial charge in [0.1, 0.15) is 0 Å². The molecule has 7 nitrogen and oxygen atoms in total. The van der Waals surface area contributed by atoms with Crippen LogP contribution < -0.4 is 21.8 Å². The topological polar surface area (TPSA) is 109 Å². The van der Waals surface area contributed by atoms with E-state index in [-0.39, 0.29) is 35.7 Å². The van der Waals surface area contributed by atoms with Crippen molar-refractivity contribution < 1.29 is 14.1 Å². The Labute approximate surface area is 150 Å². The van der Waals surface area contributed by atoms with Crippen LogP contribution in [0.1, 0.15) is 32.6 Å². The number of hydroxylamine groups is 1. The van der Waals surface area contributed by atoms with Gasteiger partial charge < -0.3 is 21.3 Å². The Balaban J connectivity index is 0. The standard InChI is InChI=1S/C12H31N4O3P.Na.H/c1-2-3-4-5-12-20(17,18)19-16-11-10-15-9-8-14-7-6-13;;/h14-16H,2-13H2,1H3,(H,17,18);;. The molecule has 1 atom stereocenters. The normalized spacial score (nSPS) is 13.7.